The van der Waals surface area contributed by atoms with Crippen molar-refractivity contribution in [2.45, 2.75) is 71.5 Å². The summed E-state index contributed by atoms with van der Waals surface area (Å²) in [6.07, 6.45) is 3.71. The Kier molecular flexibility index (Phi) is 4.40. The molecule has 25 heavy (non-hydrogen) atoms. The maximum absolute atomic E-state index is 13.1. The molecule has 140 valence electrons. The number of rotatable bonds is 3. The molecule has 0 unspecified atom stereocenters. The van der Waals surface area contributed by atoms with Crippen LogP contribution in [0.2, 0.25) is 0 Å². The number of cyclic esters (lactones) is 1. The van der Waals surface area contributed by atoms with Crippen LogP contribution in [0.25, 0.3) is 0 Å². The van der Waals surface area contributed by atoms with Crippen LogP contribution in [0, 0.1) is 22.7 Å². The summed E-state index contributed by atoms with van der Waals surface area (Å²) in [6.45, 7) is 8.08. The van der Waals surface area contributed by atoms with Crippen LogP contribution in [0.1, 0.15) is 59.8 Å². The molecule has 5 atom stereocenters. The zero-order valence-electron chi connectivity index (χ0n) is 15.7. The Bertz CT molecular complexity index is 622. The number of hydrogen-bond donors (Lipinski definition) is 2. The van der Waals surface area contributed by atoms with Crippen molar-refractivity contribution < 1.29 is 24.5 Å². The first-order chi connectivity index (χ1) is 11.5. The Labute approximate surface area is 149 Å². The first-order valence-electron chi connectivity index (χ1n) is 9.33. The van der Waals surface area contributed by atoms with Crippen molar-refractivity contribution in [3.63, 3.8) is 0 Å². The van der Waals surface area contributed by atoms with E-state index in [9.17, 15) is 19.8 Å². The van der Waals surface area contributed by atoms with E-state index in [1.807, 2.05) is 0 Å². The molecule has 0 aromatic rings. The molecule has 0 bridgehead atoms. The number of esters is 1. The minimum Gasteiger partial charge on any atom is -0.458 e. The Morgan fingerprint density at radius 1 is 1.28 bits per heavy atom. The number of fused-ring (bicyclic) bond motifs is 1. The maximum atomic E-state index is 13.1. The van der Waals surface area contributed by atoms with Gasteiger partial charge in [-0.2, -0.15) is 0 Å². The first-order valence-corrected chi connectivity index (χ1v) is 9.33. The summed E-state index contributed by atoms with van der Waals surface area (Å²) in [6, 6.07) is 0. The molecule has 2 aliphatic carbocycles. The van der Waals surface area contributed by atoms with Crippen LogP contribution in [-0.4, -0.2) is 40.3 Å². The summed E-state index contributed by atoms with van der Waals surface area (Å²) >= 11 is 0. The minimum atomic E-state index is -1.11. The number of Topliss-reactive ketones (excluding diaryl/α,β-unsaturated/α-hetero) is 1. The van der Waals surface area contributed by atoms with E-state index in [4.69, 9.17) is 4.74 Å². The van der Waals surface area contributed by atoms with Crippen LogP contribution < -0.4 is 0 Å². The highest BCUT2D eigenvalue weighted by atomic mass is 16.5. The van der Waals surface area contributed by atoms with Gasteiger partial charge in [-0.25, -0.2) is 4.79 Å². The number of ketones is 1. The van der Waals surface area contributed by atoms with Crippen molar-refractivity contribution in [1.29, 1.82) is 0 Å². The number of hydrogen-bond acceptors (Lipinski definition) is 5. The van der Waals surface area contributed by atoms with Crippen molar-refractivity contribution in [2.75, 3.05) is 6.61 Å². The Morgan fingerprint density at radius 2 is 1.96 bits per heavy atom. The van der Waals surface area contributed by atoms with E-state index in [0.29, 0.717) is 38.7 Å². The van der Waals surface area contributed by atoms with E-state index in [-0.39, 0.29) is 17.7 Å². The summed E-state index contributed by atoms with van der Waals surface area (Å²) in [5, 5.41) is 22.1. The maximum Gasteiger partial charge on any atom is 0.331 e. The topological polar surface area (TPSA) is 83.8 Å². The summed E-state index contributed by atoms with van der Waals surface area (Å²) in [4.78, 5) is 24.4. The molecule has 3 aliphatic rings. The van der Waals surface area contributed by atoms with Gasteiger partial charge in [0.1, 0.15) is 12.4 Å². The molecule has 5 heteroatoms. The fraction of sp³-hybridized carbons (Fsp3) is 0.800. The van der Waals surface area contributed by atoms with Crippen molar-refractivity contribution in [3.05, 3.63) is 11.6 Å². The monoisotopic (exact) mass is 350 g/mol. The van der Waals surface area contributed by atoms with Gasteiger partial charge in [0.05, 0.1) is 11.7 Å². The van der Waals surface area contributed by atoms with E-state index < -0.39 is 28.5 Å². The second-order valence-corrected chi connectivity index (χ2v) is 9.08. The molecule has 5 nitrogen and oxygen atoms in total. The van der Waals surface area contributed by atoms with Gasteiger partial charge in [0.2, 0.25) is 0 Å². The van der Waals surface area contributed by atoms with Crippen molar-refractivity contribution in [2.24, 2.45) is 22.7 Å². The molecule has 2 saturated carbocycles. The zero-order valence-corrected chi connectivity index (χ0v) is 15.7. The largest absolute Gasteiger partial charge is 0.458 e. The molecule has 0 radical (unpaired) electrons. The lowest BCUT2D eigenvalue weighted by molar-refractivity contribution is -0.147. The lowest BCUT2D eigenvalue weighted by Crippen LogP contribution is -2.51. The predicted molar refractivity (Wildman–Crippen MR) is 92.6 cm³/mol. The van der Waals surface area contributed by atoms with Gasteiger partial charge in [-0.05, 0) is 49.0 Å². The Hall–Kier alpha value is -1.20. The molecule has 2 fully saturated rings. The molecule has 0 amide bonds. The molecule has 1 aliphatic heterocycles. The van der Waals surface area contributed by atoms with E-state index in [1.54, 1.807) is 13.8 Å². The second kappa shape index (κ2) is 5.92. The standard InChI is InChI=1S/C20H30O5/c1-12-9-14-17(23)18(2,3)15(21)6-8-20(14,24)19(12,4)7-5-13-10-16(22)25-11-13/h10,12,14-15,21,24H,5-9,11H2,1-4H3/t12-,14+,15-,19+,20-/m1/s1. The molecule has 1 heterocycles. The van der Waals surface area contributed by atoms with Gasteiger partial charge in [-0.3, -0.25) is 4.79 Å². The van der Waals surface area contributed by atoms with Crippen LogP contribution in [0.3, 0.4) is 0 Å². The van der Waals surface area contributed by atoms with Gasteiger partial charge >= 0.3 is 5.97 Å². The molecule has 0 saturated heterocycles. The van der Waals surface area contributed by atoms with Gasteiger partial charge in [-0.15, -0.1) is 0 Å². The first kappa shape index (κ1) is 18.6. The van der Waals surface area contributed by atoms with Crippen molar-refractivity contribution >= 4 is 11.8 Å². The van der Waals surface area contributed by atoms with E-state index in [0.717, 1.165) is 5.57 Å². The SMILES string of the molecule is C[C@@H]1C[C@H]2C(=O)C(C)(C)[C@H](O)CC[C@]2(O)[C@@]1(C)CCC1=CC(=O)OC1. The van der Waals surface area contributed by atoms with E-state index in [1.165, 1.54) is 6.08 Å². The third kappa shape index (κ3) is 2.67. The molecular formula is C20H30O5. The molecule has 0 aromatic carbocycles. The molecular weight excluding hydrogens is 320 g/mol. The average Bonchev–Trinajstić information content (AvgIpc) is 3.03. The number of ether oxygens (including phenoxy) is 1. The average molecular weight is 350 g/mol. The number of aliphatic hydroxyl groups excluding tert-OH is 1. The van der Waals surface area contributed by atoms with Gasteiger partial charge < -0.3 is 14.9 Å². The summed E-state index contributed by atoms with van der Waals surface area (Å²) in [5.41, 5.74) is -1.41. The predicted octanol–water partition coefficient (Wildman–Crippen LogP) is 2.39. The Balaban J connectivity index is 1.88. The molecule has 0 aromatic heterocycles. The van der Waals surface area contributed by atoms with Crippen LogP contribution in [-0.2, 0) is 14.3 Å². The normalized spacial score (nSPS) is 43.4. The third-order valence-electron chi connectivity index (χ3n) is 7.51. The number of aliphatic hydroxyl groups is 2. The minimum absolute atomic E-state index is 0.0193. The van der Waals surface area contributed by atoms with E-state index >= 15 is 0 Å². The molecule has 3 rings (SSSR count). The number of carbonyl (C=O) groups is 2. The number of carbonyl (C=O) groups excluding carboxylic acids is 2. The lowest BCUT2D eigenvalue weighted by atomic mass is 9.64. The van der Waals surface area contributed by atoms with Crippen molar-refractivity contribution in [3.8, 4) is 0 Å². The fourth-order valence-electron chi connectivity index (χ4n) is 5.19. The quantitative estimate of drug-likeness (QED) is 0.764. The summed E-state index contributed by atoms with van der Waals surface area (Å²) in [5.74, 6) is -0.564. The van der Waals surface area contributed by atoms with Gasteiger partial charge in [0.25, 0.3) is 0 Å². The van der Waals surface area contributed by atoms with E-state index in [2.05, 4.69) is 13.8 Å². The Morgan fingerprint density at radius 3 is 2.56 bits per heavy atom. The van der Waals surface area contributed by atoms with Gasteiger partial charge in [0.15, 0.2) is 0 Å². The van der Waals surface area contributed by atoms with Crippen molar-refractivity contribution in [1.82, 2.24) is 0 Å². The lowest BCUT2D eigenvalue weighted by Gasteiger charge is -2.44. The van der Waals surface area contributed by atoms with Crippen LogP contribution in [0.15, 0.2) is 11.6 Å². The molecule has 0 spiro atoms. The highest BCUT2D eigenvalue weighted by molar-refractivity contribution is 5.89. The fourth-order valence-corrected chi connectivity index (χ4v) is 5.19. The van der Waals surface area contributed by atoms with Gasteiger partial charge in [-0.1, -0.05) is 27.7 Å². The van der Waals surface area contributed by atoms with Gasteiger partial charge in [0, 0.05) is 17.4 Å². The van der Waals surface area contributed by atoms with Crippen LogP contribution in [0.4, 0.5) is 0 Å². The smallest absolute Gasteiger partial charge is 0.331 e. The summed E-state index contributed by atoms with van der Waals surface area (Å²) in [7, 11) is 0. The second-order valence-electron chi connectivity index (χ2n) is 9.08. The van der Waals surface area contributed by atoms with Crippen LogP contribution in [0.5, 0.6) is 0 Å². The third-order valence-corrected chi connectivity index (χ3v) is 7.51. The molecule has 2 N–H and O–H groups in total. The highest BCUT2D eigenvalue weighted by Gasteiger charge is 2.65. The summed E-state index contributed by atoms with van der Waals surface area (Å²) < 4.78 is 4.97. The van der Waals surface area contributed by atoms with Crippen LogP contribution >= 0.6 is 0 Å². The highest BCUT2D eigenvalue weighted by Crippen LogP contribution is 2.61. The zero-order chi connectivity index (χ0) is 18.6.